The van der Waals surface area contributed by atoms with Crippen molar-refractivity contribution in [3.8, 4) is 0 Å². The smallest absolute Gasteiger partial charge is 0.434 e. The molecule has 1 aromatic carbocycles. The second-order valence-corrected chi connectivity index (χ2v) is 8.48. The molecule has 1 N–H and O–H groups in total. The maximum atomic E-state index is 13.9. The number of aliphatic carboxylic acids is 1. The molecular weight excluding hydrogens is 491 g/mol. The van der Waals surface area contributed by atoms with E-state index in [-0.39, 0.29) is 26.2 Å². The van der Waals surface area contributed by atoms with Crippen LogP contribution in [0.2, 0.25) is 0 Å². The van der Waals surface area contributed by atoms with Crippen molar-refractivity contribution in [2.45, 2.75) is 37.8 Å². The molecule has 0 unspecified atom stereocenters. The van der Waals surface area contributed by atoms with Crippen LogP contribution >= 0.6 is 0 Å². The zero-order valence-corrected chi connectivity index (χ0v) is 18.4. The molecule has 0 aliphatic carbocycles. The number of hydrogen-bond acceptors (Lipinski definition) is 5. The summed E-state index contributed by atoms with van der Waals surface area (Å²) >= 11 is 0. The van der Waals surface area contributed by atoms with E-state index in [1.807, 2.05) is 9.80 Å². The van der Waals surface area contributed by atoms with E-state index in [0.29, 0.717) is 38.2 Å². The number of benzene rings is 1. The molecule has 3 rings (SSSR count). The number of carbonyl (C=O) groups is 2. The molecule has 0 radical (unpaired) electrons. The van der Waals surface area contributed by atoms with Crippen LogP contribution in [0.3, 0.4) is 0 Å². The van der Waals surface area contributed by atoms with Gasteiger partial charge in [-0.1, -0.05) is 6.07 Å². The Morgan fingerprint density at radius 3 is 2.06 bits per heavy atom. The highest BCUT2D eigenvalue weighted by Gasteiger charge is 2.60. The fourth-order valence-corrected chi connectivity index (χ4v) is 4.16. The van der Waals surface area contributed by atoms with Crippen molar-refractivity contribution in [1.82, 2.24) is 9.80 Å². The molecule has 7 nitrogen and oxygen atoms in total. The summed E-state index contributed by atoms with van der Waals surface area (Å²) < 4.78 is 93.6. The Kier molecular flexibility index (Phi) is 8.02. The molecule has 1 amide bonds. The number of alkyl halides is 6. The number of piperidine rings is 1. The average molecular weight is 515 g/mol. The Morgan fingerprint density at radius 2 is 1.54 bits per heavy atom. The number of carboxylic acids is 1. The van der Waals surface area contributed by atoms with Gasteiger partial charge in [0.1, 0.15) is 5.82 Å². The minimum atomic E-state index is -5.78. The third-order valence-electron chi connectivity index (χ3n) is 6.07. The van der Waals surface area contributed by atoms with E-state index in [1.165, 1.54) is 12.1 Å². The molecule has 2 heterocycles. The number of carbonyl (C=O) groups excluding carboxylic acids is 1. The highest BCUT2D eigenvalue weighted by atomic mass is 19.4. The number of hydrogen-bond donors (Lipinski definition) is 1. The zero-order chi connectivity index (χ0) is 26.0. The van der Waals surface area contributed by atoms with Gasteiger partial charge in [-0.2, -0.15) is 26.3 Å². The highest BCUT2D eigenvalue weighted by Crippen LogP contribution is 2.36. The van der Waals surface area contributed by atoms with E-state index >= 15 is 0 Å². The second-order valence-electron chi connectivity index (χ2n) is 8.48. The number of carboxylic acid groups (broad SMARTS) is 1. The van der Waals surface area contributed by atoms with Gasteiger partial charge in [-0.15, -0.1) is 0 Å². The average Bonchev–Trinajstić information content (AvgIpc) is 2.77. The summed E-state index contributed by atoms with van der Waals surface area (Å²) in [5.41, 5.74) is 1.32. The van der Waals surface area contributed by atoms with E-state index in [9.17, 15) is 40.3 Å². The first-order chi connectivity index (χ1) is 16.3. The Balaban J connectivity index is 1.59. The molecule has 14 heteroatoms. The lowest BCUT2D eigenvalue weighted by Crippen LogP contribution is -2.52. The van der Waals surface area contributed by atoms with Crippen LogP contribution in [0.1, 0.15) is 18.4 Å². The van der Waals surface area contributed by atoms with Crippen molar-refractivity contribution in [3.63, 3.8) is 0 Å². The highest BCUT2D eigenvalue weighted by molar-refractivity contribution is 5.70. The quantitative estimate of drug-likeness (QED) is 0.601. The van der Waals surface area contributed by atoms with Crippen molar-refractivity contribution in [2.24, 2.45) is 5.92 Å². The van der Waals surface area contributed by atoms with Crippen LogP contribution in [-0.2, 0) is 16.1 Å². The van der Waals surface area contributed by atoms with E-state index < -0.39 is 42.3 Å². The van der Waals surface area contributed by atoms with Crippen LogP contribution in [-0.4, -0.2) is 84.7 Å². The predicted molar refractivity (Wildman–Crippen MR) is 108 cm³/mol. The normalized spacial score (nSPS) is 18.7. The lowest BCUT2D eigenvalue weighted by Gasteiger charge is -2.37. The van der Waals surface area contributed by atoms with Gasteiger partial charge in [0.2, 0.25) is 0 Å². The standard InChI is InChI=1S/C21H24F7N3O4/c22-15-2-1-14(16(11-15)30-5-3-13(4-6-30)17(32)33)12-29-7-9-31(10-8-29)19(34)35-18(20(23,24)25)21(26,27)28/h1-2,11,13,18H,3-10,12H2,(H,32,33). The monoisotopic (exact) mass is 515 g/mol. The molecule has 0 saturated carbocycles. The van der Waals surface area contributed by atoms with Gasteiger partial charge in [-0.25, -0.2) is 9.18 Å². The van der Waals surface area contributed by atoms with Gasteiger partial charge >= 0.3 is 24.4 Å². The summed E-state index contributed by atoms with van der Waals surface area (Å²) in [4.78, 5) is 27.6. The summed E-state index contributed by atoms with van der Waals surface area (Å²) in [5.74, 6) is -1.82. The molecule has 35 heavy (non-hydrogen) atoms. The van der Waals surface area contributed by atoms with Gasteiger partial charge in [0.15, 0.2) is 0 Å². The molecular formula is C21H24F7N3O4. The summed E-state index contributed by atoms with van der Waals surface area (Å²) in [7, 11) is 0. The predicted octanol–water partition coefficient (Wildman–Crippen LogP) is 3.87. The summed E-state index contributed by atoms with van der Waals surface area (Å²) in [6, 6.07) is 4.19. The van der Waals surface area contributed by atoms with Gasteiger partial charge in [0.25, 0.3) is 6.10 Å². The topological polar surface area (TPSA) is 73.3 Å². The van der Waals surface area contributed by atoms with Gasteiger partial charge in [-0.3, -0.25) is 9.69 Å². The fraction of sp³-hybridized carbons (Fsp3) is 0.619. The third-order valence-corrected chi connectivity index (χ3v) is 6.07. The maximum Gasteiger partial charge on any atom is 0.434 e. The molecule has 0 bridgehead atoms. The largest absolute Gasteiger partial charge is 0.481 e. The molecule has 196 valence electrons. The SMILES string of the molecule is O=C(O)C1CCN(c2cc(F)ccc2CN2CCN(C(=O)OC(C(F)(F)F)C(F)(F)F)CC2)CC1. The maximum absolute atomic E-state index is 13.9. The Hall–Kier alpha value is -2.77. The molecule has 1 aromatic rings. The summed E-state index contributed by atoms with van der Waals surface area (Å²) in [5, 5.41) is 9.16. The van der Waals surface area contributed by atoms with Crippen molar-refractivity contribution in [1.29, 1.82) is 0 Å². The van der Waals surface area contributed by atoms with Crippen LogP contribution in [0.4, 0.5) is 41.2 Å². The van der Waals surface area contributed by atoms with E-state index in [2.05, 4.69) is 4.74 Å². The fourth-order valence-electron chi connectivity index (χ4n) is 4.16. The number of ether oxygens (including phenoxy) is 1. The molecule has 2 saturated heterocycles. The first-order valence-corrected chi connectivity index (χ1v) is 10.8. The lowest BCUT2D eigenvalue weighted by molar-refractivity contribution is -0.308. The van der Waals surface area contributed by atoms with Crippen molar-refractivity contribution in [2.75, 3.05) is 44.2 Å². The number of piperazine rings is 1. The van der Waals surface area contributed by atoms with Gasteiger partial charge in [-0.05, 0) is 30.5 Å². The Morgan fingerprint density at radius 1 is 0.971 bits per heavy atom. The Bertz CT molecular complexity index is 895. The molecule has 0 atom stereocenters. The molecule has 2 aliphatic rings. The van der Waals surface area contributed by atoms with Crippen molar-refractivity contribution >= 4 is 17.7 Å². The summed E-state index contributed by atoms with van der Waals surface area (Å²) in [6.45, 7) is 1.14. The Labute approximate surface area is 196 Å². The first-order valence-electron chi connectivity index (χ1n) is 10.8. The number of nitrogens with zero attached hydrogens (tertiary/aromatic N) is 3. The van der Waals surface area contributed by atoms with Crippen LogP contribution in [0.15, 0.2) is 18.2 Å². The minimum Gasteiger partial charge on any atom is -0.481 e. The van der Waals surface area contributed by atoms with Crippen LogP contribution in [0, 0.1) is 11.7 Å². The summed E-state index contributed by atoms with van der Waals surface area (Å²) in [6.07, 6.45) is -16.7. The van der Waals surface area contributed by atoms with Crippen LogP contribution in [0.5, 0.6) is 0 Å². The van der Waals surface area contributed by atoms with Gasteiger partial charge in [0, 0.05) is 51.5 Å². The second kappa shape index (κ2) is 10.5. The molecule has 2 fully saturated rings. The number of halogens is 7. The van der Waals surface area contributed by atoms with Gasteiger partial charge in [0.05, 0.1) is 5.92 Å². The van der Waals surface area contributed by atoms with Gasteiger partial charge < -0.3 is 19.6 Å². The molecule has 2 aliphatic heterocycles. The van der Waals surface area contributed by atoms with E-state index in [1.54, 1.807) is 6.07 Å². The van der Waals surface area contributed by atoms with Crippen LogP contribution in [0.25, 0.3) is 0 Å². The first kappa shape index (κ1) is 26.8. The van der Waals surface area contributed by atoms with Crippen LogP contribution < -0.4 is 4.90 Å². The number of anilines is 1. The van der Waals surface area contributed by atoms with E-state index in [0.717, 1.165) is 10.5 Å². The lowest BCUT2D eigenvalue weighted by atomic mass is 9.96. The van der Waals surface area contributed by atoms with E-state index in [4.69, 9.17) is 5.11 Å². The van der Waals surface area contributed by atoms with Crippen molar-refractivity contribution in [3.05, 3.63) is 29.6 Å². The van der Waals surface area contributed by atoms with Crippen molar-refractivity contribution < 1.29 is 50.2 Å². The zero-order valence-electron chi connectivity index (χ0n) is 18.4. The number of amides is 1. The number of rotatable bonds is 5. The minimum absolute atomic E-state index is 0.149. The molecule has 0 aromatic heterocycles. The molecule has 0 spiro atoms. The third kappa shape index (κ3) is 6.89.